The quantitative estimate of drug-likeness (QED) is 0.839. The Morgan fingerprint density at radius 1 is 1.29 bits per heavy atom. The molecule has 1 aromatic carbocycles. The van der Waals surface area contributed by atoms with Crippen LogP contribution in [0.25, 0.3) is 0 Å². The maximum absolute atomic E-state index is 12.3. The SMILES string of the molecule is CN(CC(=O)c1ccc2c(c1)OCO2)CC1(O)CCCC1. The summed E-state index contributed by atoms with van der Waals surface area (Å²) in [5, 5.41) is 10.4. The number of aliphatic hydroxyl groups is 1. The second kappa shape index (κ2) is 5.66. The topological polar surface area (TPSA) is 59.0 Å². The highest BCUT2D eigenvalue weighted by Gasteiger charge is 2.32. The number of fused-ring (bicyclic) bond motifs is 1. The van der Waals surface area contributed by atoms with Crippen LogP contribution in [-0.4, -0.2) is 48.3 Å². The number of likely N-dealkylation sites (N-methyl/N-ethyl adjacent to an activating group) is 1. The van der Waals surface area contributed by atoms with E-state index in [-0.39, 0.29) is 12.6 Å². The highest BCUT2D eigenvalue weighted by molar-refractivity contribution is 5.98. The molecule has 0 amide bonds. The Hall–Kier alpha value is -1.59. The molecule has 1 fully saturated rings. The van der Waals surface area contributed by atoms with Crippen molar-refractivity contribution < 1.29 is 19.4 Å². The van der Waals surface area contributed by atoms with Crippen molar-refractivity contribution in [2.75, 3.05) is 26.9 Å². The predicted molar refractivity (Wildman–Crippen MR) is 77.8 cm³/mol. The van der Waals surface area contributed by atoms with Crippen molar-refractivity contribution >= 4 is 5.78 Å². The van der Waals surface area contributed by atoms with Gasteiger partial charge in [0.1, 0.15) is 0 Å². The third-order valence-corrected chi connectivity index (χ3v) is 4.21. The third-order valence-electron chi connectivity index (χ3n) is 4.21. The Kier molecular flexibility index (Phi) is 3.87. The van der Waals surface area contributed by atoms with E-state index in [9.17, 15) is 9.90 Å². The molecular weight excluding hydrogens is 270 g/mol. The summed E-state index contributed by atoms with van der Waals surface area (Å²) in [6.45, 7) is 1.05. The van der Waals surface area contributed by atoms with E-state index < -0.39 is 5.60 Å². The maximum atomic E-state index is 12.3. The number of hydrogen-bond donors (Lipinski definition) is 1. The molecular formula is C16H21NO4. The Morgan fingerprint density at radius 2 is 2.00 bits per heavy atom. The van der Waals surface area contributed by atoms with Gasteiger partial charge in [-0.1, -0.05) is 12.8 Å². The van der Waals surface area contributed by atoms with Gasteiger partial charge < -0.3 is 14.6 Å². The first kappa shape index (κ1) is 14.4. The van der Waals surface area contributed by atoms with Crippen molar-refractivity contribution in [2.45, 2.75) is 31.3 Å². The van der Waals surface area contributed by atoms with Crippen LogP contribution in [0.5, 0.6) is 11.5 Å². The van der Waals surface area contributed by atoms with Crippen LogP contribution in [0, 0.1) is 0 Å². The van der Waals surface area contributed by atoms with E-state index in [0.29, 0.717) is 30.2 Å². The van der Waals surface area contributed by atoms with Crippen molar-refractivity contribution in [1.82, 2.24) is 4.90 Å². The molecule has 1 aliphatic heterocycles. The Bertz CT molecular complexity index is 537. The van der Waals surface area contributed by atoms with E-state index in [1.54, 1.807) is 18.2 Å². The smallest absolute Gasteiger partial charge is 0.231 e. The summed E-state index contributed by atoms with van der Waals surface area (Å²) in [4.78, 5) is 14.2. The molecule has 1 N–H and O–H groups in total. The van der Waals surface area contributed by atoms with E-state index in [4.69, 9.17) is 9.47 Å². The van der Waals surface area contributed by atoms with Gasteiger partial charge in [-0.2, -0.15) is 0 Å². The summed E-state index contributed by atoms with van der Waals surface area (Å²) in [5.74, 6) is 1.33. The van der Waals surface area contributed by atoms with Crippen LogP contribution < -0.4 is 9.47 Å². The summed E-state index contributed by atoms with van der Waals surface area (Å²) in [7, 11) is 1.88. The third kappa shape index (κ3) is 3.19. The van der Waals surface area contributed by atoms with Gasteiger partial charge in [0, 0.05) is 12.1 Å². The van der Waals surface area contributed by atoms with Crippen molar-refractivity contribution in [3.8, 4) is 11.5 Å². The van der Waals surface area contributed by atoms with Crippen LogP contribution in [0.15, 0.2) is 18.2 Å². The molecule has 0 atom stereocenters. The van der Waals surface area contributed by atoms with Gasteiger partial charge in [-0.05, 0) is 38.1 Å². The molecule has 0 radical (unpaired) electrons. The average molecular weight is 291 g/mol. The molecule has 1 aromatic rings. The zero-order valence-electron chi connectivity index (χ0n) is 12.3. The van der Waals surface area contributed by atoms with E-state index in [1.807, 2.05) is 11.9 Å². The number of benzene rings is 1. The normalized spacial score (nSPS) is 19.2. The van der Waals surface area contributed by atoms with Crippen molar-refractivity contribution in [2.24, 2.45) is 0 Å². The molecule has 2 aliphatic rings. The fourth-order valence-electron chi connectivity index (χ4n) is 3.16. The Balaban J connectivity index is 1.60. The zero-order valence-corrected chi connectivity index (χ0v) is 12.3. The van der Waals surface area contributed by atoms with Crippen LogP contribution in [0.4, 0.5) is 0 Å². The molecule has 21 heavy (non-hydrogen) atoms. The molecule has 1 saturated carbocycles. The number of rotatable bonds is 5. The van der Waals surface area contributed by atoms with E-state index >= 15 is 0 Å². The first-order valence-corrected chi connectivity index (χ1v) is 7.40. The summed E-state index contributed by atoms with van der Waals surface area (Å²) in [5.41, 5.74) is -0.00583. The molecule has 3 rings (SSSR count). The van der Waals surface area contributed by atoms with Gasteiger partial charge in [0.05, 0.1) is 12.1 Å². The van der Waals surface area contributed by atoms with Gasteiger partial charge in [-0.3, -0.25) is 9.69 Å². The van der Waals surface area contributed by atoms with Crippen molar-refractivity contribution in [1.29, 1.82) is 0 Å². The number of hydrogen-bond acceptors (Lipinski definition) is 5. The largest absolute Gasteiger partial charge is 0.454 e. The number of ether oxygens (including phenoxy) is 2. The second-order valence-electron chi connectivity index (χ2n) is 6.09. The van der Waals surface area contributed by atoms with Crippen LogP contribution in [0.2, 0.25) is 0 Å². The van der Waals surface area contributed by atoms with Gasteiger partial charge in [-0.15, -0.1) is 0 Å². The summed E-state index contributed by atoms with van der Waals surface area (Å²) in [6.07, 6.45) is 3.80. The maximum Gasteiger partial charge on any atom is 0.231 e. The lowest BCUT2D eigenvalue weighted by Gasteiger charge is -2.28. The Morgan fingerprint density at radius 3 is 2.76 bits per heavy atom. The number of carbonyl (C=O) groups excluding carboxylic acids is 1. The lowest BCUT2D eigenvalue weighted by Crippen LogP contribution is -2.41. The first-order chi connectivity index (χ1) is 10.1. The number of carbonyl (C=O) groups is 1. The highest BCUT2D eigenvalue weighted by Crippen LogP contribution is 2.33. The minimum absolute atomic E-state index is 0.0254. The minimum Gasteiger partial charge on any atom is -0.454 e. The number of ketones is 1. The molecule has 0 saturated heterocycles. The minimum atomic E-state index is -0.621. The lowest BCUT2D eigenvalue weighted by molar-refractivity contribution is 0.0172. The second-order valence-corrected chi connectivity index (χ2v) is 6.09. The van der Waals surface area contributed by atoms with Crippen LogP contribution >= 0.6 is 0 Å². The molecule has 0 unspecified atom stereocenters. The molecule has 5 heteroatoms. The van der Waals surface area contributed by atoms with Gasteiger partial charge in [0.2, 0.25) is 6.79 Å². The van der Waals surface area contributed by atoms with E-state index in [0.717, 1.165) is 25.7 Å². The fraction of sp³-hybridized carbons (Fsp3) is 0.562. The monoisotopic (exact) mass is 291 g/mol. The molecule has 1 aliphatic carbocycles. The van der Waals surface area contributed by atoms with Crippen molar-refractivity contribution in [3.63, 3.8) is 0 Å². The molecule has 0 bridgehead atoms. The molecule has 0 aromatic heterocycles. The zero-order chi connectivity index (χ0) is 14.9. The van der Waals surface area contributed by atoms with E-state index in [1.165, 1.54) is 0 Å². The number of nitrogens with zero attached hydrogens (tertiary/aromatic N) is 1. The fourth-order valence-corrected chi connectivity index (χ4v) is 3.16. The number of Topliss-reactive ketones (excluding diaryl/α,β-unsaturated/α-hetero) is 1. The van der Waals surface area contributed by atoms with Crippen LogP contribution in [0.3, 0.4) is 0 Å². The lowest BCUT2D eigenvalue weighted by atomic mass is 10.0. The first-order valence-electron chi connectivity index (χ1n) is 7.40. The highest BCUT2D eigenvalue weighted by atomic mass is 16.7. The summed E-state index contributed by atoms with van der Waals surface area (Å²) in [6, 6.07) is 5.25. The standard InChI is InChI=1S/C16H21NO4/c1-17(10-16(19)6-2-3-7-16)9-13(18)12-4-5-14-15(8-12)21-11-20-14/h4-5,8,19H,2-3,6-7,9-11H2,1H3. The van der Waals surface area contributed by atoms with Crippen LogP contribution in [-0.2, 0) is 0 Å². The average Bonchev–Trinajstić information content (AvgIpc) is 3.06. The molecule has 0 spiro atoms. The van der Waals surface area contributed by atoms with Gasteiger partial charge in [-0.25, -0.2) is 0 Å². The van der Waals surface area contributed by atoms with Crippen molar-refractivity contribution in [3.05, 3.63) is 23.8 Å². The van der Waals surface area contributed by atoms with Gasteiger partial charge in [0.25, 0.3) is 0 Å². The van der Waals surface area contributed by atoms with Gasteiger partial charge >= 0.3 is 0 Å². The Labute approximate surface area is 124 Å². The summed E-state index contributed by atoms with van der Waals surface area (Å²) < 4.78 is 10.5. The summed E-state index contributed by atoms with van der Waals surface area (Å²) >= 11 is 0. The predicted octanol–water partition coefficient (Wildman–Crippen LogP) is 1.83. The van der Waals surface area contributed by atoms with E-state index in [2.05, 4.69) is 0 Å². The van der Waals surface area contributed by atoms with Crippen LogP contribution in [0.1, 0.15) is 36.0 Å². The molecule has 1 heterocycles. The molecule has 5 nitrogen and oxygen atoms in total. The molecule has 114 valence electrons. The van der Waals surface area contributed by atoms with Gasteiger partial charge in [0.15, 0.2) is 17.3 Å².